The third-order valence-electron chi connectivity index (χ3n) is 6.13. The minimum atomic E-state index is -0.887. The number of nitrogens with one attached hydrogen (secondary N) is 2. The number of amides is 2. The molecule has 11 heteroatoms. The first-order chi connectivity index (χ1) is 16.8. The van der Waals surface area contributed by atoms with E-state index in [9.17, 15) is 23.9 Å². The van der Waals surface area contributed by atoms with Crippen LogP contribution in [-0.4, -0.2) is 58.9 Å². The number of pyridine rings is 1. The maximum atomic E-state index is 14.1. The van der Waals surface area contributed by atoms with Crippen molar-refractivity contribution in [2.75, 3.05) is 32.6 Å². The molecule has 1 aromatic carbocycles. The highest BCUT2D eigenvalue weighted by atomic mass is 35.5. The molecule has 2 aliphatic heterocycles. The van der Waals surface area contributed by atoms with E-state index in [-0.39, 0.29) is 34.4 Å². The maximum Gasteiger partial charge on any atom is 0.274 e. The first-order valence-corrected chi connectivity index (χ1v) is 12.4. The van der Waals surface area contributed by atoms with Crippen LogP contribution in [0.3, 0.4) is 0 Å². The number of hydrogen-bond acceptors (Lipinski definition) is 5. The molecule has 1 unspecified atom stereocenters. The Bertz CT molecular complexity index is 1170. The summed E-state index contributed by atoms with van der Waals surface area (Å²) in [6.45, 7) is 3.62. The van der Waals surface area contributed by atoms with Gasteiger partial charge < -0.3 is 25.2 Å². The van der Waals surface area contributed by atoms with E-state index in [0.717, 1.165) is 18.8 Å². The molecule has 0 saturated carbocycles. The monoisotopic (exact) mass is 526 g/mol. The zero-order valence-corrected chi connectivity index (χ0v) is 21.2. The van der Waals surface area contributed by atoms with E-state index in [1.165, 1.54) is 12.1 Å². The Morgan fingerprint density at radius 3 is 2.69 bits per heavy atom. The van der Waals surface area contributed by atoms with E-state index in [0.29, 0.717) is 31.6 Å². The van der Waals surface area contributed by atoms with Crippen LogP contribution in [0.2, 0.25) is 5.02 Å². The molecule has 2 aliphatic rings. The van der Waals surface area contributed by atoms with E-state index < -0.39 is 28.8 Å². The molecule has 0 saturated heterocycles. The number of halogens is 3. The highest BCUT2D eigenvalue weighted by molar-refractivity contribution is 6.30. The van der Waals surface area contributed by atoms with E-state index in [1.54, 1.807) is 15.5 Å². The number of nitrogens with zero attached hydrogens (tertiary/aromatic N) is 2. The predicted octanol–water partition coefficient (Wildman–Crippen LogP) is 3.07. The molecule has 0 radical (unpaired) electrons. The third-order valence-corrected chi connectivity index (χ3v) is 6.69. The average molecular weight is 527 g/mol. The highest BCUT2D eigenvalue weighted by Crippen LogP contribution is 2.36. The average Bonchev–Trinajstić information content (AvgIpc) is 3.26. The van der Waals surface area contributed by atoms with Gasteiger partial charge in [-0.15, -0.1) is 11.6 Å². The van der Waals surface area contributed by atoms with Gasteiger partial charge in [0.05, 0.1) is 11.1 Å². The van der Waals surface area contributed by atoms with Crippen LogP contribution in [0, 0.1) is 5.82 Å². The van der Waals surface area contributed by atoms with Crippen LogP contribution in [-0.2, 0) is 13.0 Å². The van der Waals surface area contributed by atoms with E-state index >= 15 is 0 Å². The fourth-order valence-electron chi connectivity index (χ4n) is 4.37. The molecule has 3 N–H and O–H groups in total. The van der Waals surface area contributed by atoms with Crippen molar-refractivity contribution < 1.29 is 19.1 Å². The molecule has 0 fully saturated rings. The molecular weight excluding hydrogens is 498 g/mol. The molecule has 2 amide bonds. The highest BCUT2D eigenvalue weighted by Gasteiger charge is 2.40. The molecule has 0 aliphatic carbocycles. The van der Waals surface area contributed by atoms with Crippen molar-refractivity contribution in [3.8, 4) is 5.75 Å². The van der Waals surface area contributed by atoms with Gasteiger partial charge in [0.1, 0.15) is 11.4 Å². The van der Waals surface area contributed by atoms with Crippen LogP contribution in [0.15, 0.2) is 23.0 Å². The van der Waals surface area contributed by atoms with Gasteiger partial charge in [-0.1, -0.05) is 23.7 Å². The van der Waals surface area contributed by atoms with Crippen LogP contribution in [0.1, 0.15) is 57.9 Å². The van der Waals surface area contributed by atoms with Crippen molar-refractivity contribution >= 4 is 35.0 Å². The SMILES string of the molecule is CCN1CC2CCc3c(C(=O)NCc4cccc(Cl)c4F)c(=O)c(O)c(n32)C1=O.CNCCCCl. The number of aromatic nitrogens is 1. The Morgan fingerprint density at radius 1 is 1.31 bits per heavy atom. The van der Waals surface area contributed by atoms with Crippen LogP contribution in [0.4, 0.5) is 4.39 Å². The van der Waals surface area contributed by atoms with Crippen LogP contribution >= 0.6 is 23.2 Å². The van der Waals surface area contributed by atoms with Crippen molar-refractivity contribution in [2.24, 2.45) is 0 Å². The molecule has 0 bridgehead atoms. The van der Waals surface area contributed by atoms with E-state index in [4.69, 9.17) is 23.2 Å². The lowest BCUT2D eigenvalue weighted by Crippen LogP contribution is -2.44. The van der Waals surface area contributed by atoms with E-state index in [1.807, 2.05) is 14.0 Å². The summed E-state index contributed by atoms with van der Waals surface area (Å²) in [5.41, 5.74) is -0.536. The smallest absolute Gasteiger partial charge is 0.274 e. The number of aromatic hydroxyl groups is 1. The largest absolute Gasteiger partial charge is 0.503 e. The number of benzene rings is 1. The molecule has 35 heavy (non-hydrogen) atoms. The van der Waals surface area contributed by atoms with Crippen molar-refractivity contribution in [1.29, 1.82) is 0 Å². The lowest BCUT2D eigenvalue weighted by molar-refractivity contribution is 0.0676. The Labute approximate surface area is 213 Å². The Balaban J connectivity index is 0.000000509. The Morgan fingerprint density at radius 2 is 2.06 bits per heavy atom. The summed E-state index contributed by atoms with van der Waals surface area (Å²) in [6.07, 6.45) is 2.16. The lowest BCUT2D eigenvalue weighted by Gasteiger charge is -2.34. The number of hydrogen-bond donors (Lipinski definition) is 3. The number of rotatable bonds is 7. The molecule has 2 aromatic rings. The second kappa shape index (κ2) is 11.9. The molecule has 1 aromatic heterocycles. The molecular formula is C24H29Cl2FN4O4. The zero-order valence-electron chi connectivity index (χ0n) is 19.7. The minimum absolute atomic E-state index is 0.0574. The summed E-state index contributed by atoms with van der Waals surface area (Å²) < 4.78 is 15.7. The van der Waals surface area contributed by atoms with Crippen molar-refractivity contribution in [2.45, 2.75) is 38.8 Å². The fourth-order valence-corrected chi connectivity index (χ4v) is 4.70. The fraction of sp³-hybridized carbons (Fsp3) is 0.458. The summed E-state index contributed by atoms with van der Waals surface area (Å²) >= 11 is 11.1. The molecule has 3 heterocycles. The summed E-state index contributed by atoms with van der Waals surface area (Å²) in [5, 5.41) is 15.9. The van der Waals surface area contributed by atoms with Gasteiger partial charge in [0.2, 0.25) is 5.43 Å². The predicted molar refractivity (Wildman–Crippen MR) is 133 cm³/mol. The first kappa shape index (κ1) is 27.0. The van der Waals surface area contributed by atoms with Crippen molar-refractivity contribution in [3.05, 3.63) is 61.8 Å². The van der Waals surface area contributed by atoms with Gasteiger partial charge in [-0.3, -0.25) is 14.4 Å². The third kappa shape index (κ3) is 5.47. The second-order valence-corrected chi connectivity index (χ2v) is 9.08. The van der Waals surface area contributed by atoms with Gasteiger partial charge in [-0.2, -0.15) is 0 Å². The molecule has 1 atom stereocenters. The number of carbonyl (C=O) groups excluding carboxylic acids is 2. The summed E-state index contributed by atoms with van der Waals surface area (Å²) in [7, 11) is 1.92. The number of carbonyl (C=O) groups is 2. The van der Waals surface area contributed by atoms with Gasteiger partial charge in [-0.05, 0) is 45.8 Å². The first-order valence-electron chi connectivity index (χ1n) is 11.5. The molecule has 4 rings (SSSR count). The van der Waals surface area contributed by atoms with Crippen LogP contribution in [0.5, 0.6) is 5.75 Å². The van der Waals surface area contributed by atoms with E-state index in [2.05, 4.69) is 10.6 Å². The second-order valence-electron chi connectivity index (χ2n) is 8.30. The molecule has 0 spiro atoms. The van der Waals surface area contributed by atoms with Gasteiger partial charge >= 0.3 is 0 Å². The summed E-state index contributed by atoms with van der Waals surface area (Å²) in [4.78, 5) is 39.8. The standard InChI is InChI=1S/C20H19ClFN3O4.C4H10ClN/c1-2-24-9-11-6-7-13-14(17(26)18(27)16(20(24)29)25(11)13)19(28)23-8-10-4-3-5-12(21)15(10)22;1-6-4-2-3-5/h3-5,11,27H,2,6-9H2,1H3,(H,23,28);6H,2-4H2,1H3. The van der Waals surface area contributed by atoms with Gasteiger partial charge in [0.15, 0.2) is 11.4 Å². The van der Waals surface area contributed by atoms with Gasteiger partial charge in [0.25, 0.3) is 11.8 Å². The molecule has 190 valence electrons. The minimum Gasteiger partial charge on any atom is -0.503 e. The lowest BCUT2D eigenvalue weighted by atomic mass is 10.1. The van der Waals surface area contributed by atoms with Gasteiger partial charge in [0, 0.05) is 36.8 Å². The quantitative estimate of drug-likeness (QED) is 0.380. The summed E-state index contributed by atoms with van der Waals surface area (Å²) in [5.74, 6) is -1.74. The van der Waals surface area contributed by atoms with Crippen LogP contribution < -0.4 is 16.1 Å². The zero-order chi connectivity index (χ0) is 25.7. The normalized spacial score (nSPS) is 16.0. The topological polar surface area (TPSA) is 104 Å². The number of likely N-dealkylation sites (N-methyl/N-ethyl adjacent to an activating group) is 1. The van der Waals surface area contributed by atoms with Crippen LogP contribution in [0.25, 0.3) is 0 Å². The Kier molecular flexibility index (Phi) is 9.15. The Hall–Kier alpha value is -2.62. The van der Waals surface area contributed by atoms with Gasteiger partial charge in [-0.25, -0.2) is 4.39 Å². The van der Waals surface area contributed by atoms with Crippen molar-refractivity contribution in [3.63, 3.8) is 0 Å². The maximum absolute atomic E-state index is 14.1. The molecule has 8 nitrogen and oxygen atoms in total. The number of alkyl halides is 1. The van der Waals surface area contributed by atoms with Crippen molar-refractivity contribution in [1.82, 2.24) is 20.1 Å². The summed E-state index contributed by atoms with van der Waals surface area (Å²) in [6, 6.07) is 4.34.